The molecule has 0 unspecified atom stereocenters. The van der Waals surface area contributed by atoms with Gasteiger partial charge in [-0.15, -0.1) is 0 Å². The molecule has 2 aliphatic carbocycles. The first-order valence-corrected chi connectivity index (χ1v) is 8.49. The van der Waals surface area contributed by atoms with Gasteiger partial charge >= 0.3 is 0 Å². The highest BCUT2D eigenvalue weighted by atomic mass is 32.2. The molecule has 6 heteroatoms. The van der Waals surface area contributed by atoms with Gasteiger partial charge in [-0.1, -0.05) is 6.42 Å². The summed E-state index contributed by atoms with van der Waals surface area (Å²) >= 11 is 0. The Bertz CT molecular complexity index is 556. The molecule has 1 aromatic rings. The lowest BCUT2D eigenvalue weighted by Gasteiger charge is -2.25. The molecule has 5 nitrogen and oxygen atoms in total. The van der Waals surface area contributed by atoms with Crippen LogP contribution in [0.15, 0.2) is 17.2 Å². The fourth-order valence-corrected chi connectivity index (χ4v) is 3.67. The quantitative estimate of drug-likeness (QED) is 0.827. The first-order chi connectivity index (χ1) is 9.10. The molecule has 0 aliphatic heterocycles. The molecule has 0 saturated heterocycles. The molecule has 0 bridgehead atoms. The normalized spacial score (nSPS) is 20.5. The van der Waals surface area contributed by atoms with Crippen molar-refractivity contribution in [2.75, 3.05) is 6.54 Å². The summed E-state index contributed by atoms with van der Waals surface area (Å²) in [5.41, 5.74) is 6.60. The Morgan fingerprint density at radius 2 is 2.05 bits per heavy atom. The summed E-state index contributed by atoms with van der Waals surface area (Å²) in [6.45, 7) is 0.948. The number of aromatic nitrogens is 1. The van der Waals surface area contributed by atoms with Crippen molar-refractivity contribution in [2.45, 2.75) is 49.6 Å². The van der Waals surface area contributed by atoms with Crippen LogP contribution in [0.2, 0.25) is 0 Å². The topological polar surface area (TPSA) is 77.1 Å². The standard InChI is InChI=1S/C13H21N3O2S/c14-7-12-6-13(9-16(12)11-4-5-11)19(17,18)15-8-10-2-1-3-10/h6,9-11,15H,1-5,7-8,14H2. The average Bonchev–Trinajstić information content (AvgIpc) is 3.05. The van der Waals surface area contributed by atoms with E-state index in [1.165, 1.54) is 6.42 Å². The van der Waals surface area contributed by atoms with Gasteiger partial charge in [-0.2, -0.15) is 0 Å². The van der Waals surface area contributed by atoms with Crippen LogP contribution >= 0.6 is 0 Å². The minimum Gasteiger partial charge on any atom is -0.346 e. The second-order valence-electron chi connectivity index (χ2n) is 5.66. The molecule has 2 aliphatic rings. The Kier molecular flexibility index (Phi) is 3.41. The average molecular weight is 283 g/mol. The Morgan fingerprint density at radius 1 is 1.32 bits per heavy atom. The molecule has 19 heavy (non-hydrogen) atoms. The molecule has 2 saturated carbocycles. The maximum atomic E-state index is 12.2. The number of hydrogen-bond acceptors (Lipinski definition) is 3. The predicted molar refractivity (Wildman–Crippen MR) is 73.1 cm³/mol. The summed E-state index contributed by atoms with van der Waals surface area (Å²) in [7, 11) is -3.38. The molecule has 0 amide bonds. The highest BCUT2D eigenvalue weighted by Crippen LogP contribution is 2.37. The molecule has 1 heterocycles. The van der Waals surface area contributed by atoms with E-state index in [1.54, 1.807) is 12.3 Å². The van der Waals surface area contributed by atoms with E-state index >= 15 is 0 Å². The molecule has 0 aromatic carbocycles. The molecule has 106 valence electrons. The summed E-state index contributed by atoms with van der Waals surface area (Å²) in [6.07, 6.45) is 7.48. The number of nitrogens with one attached hydrogen (secondary N) is 1. The van der Waals surface area contributed by atoms with E-state index in [2.05, 4.69) is 4.72 Å². The van der Waals surface area contributed by atoms with Gasteiger partial charge in [0.05, 0.1) is 4.90 Å². The van der Waals surface area contributed by atoms with E-state index in [-0.39, 0.29) is 0 Å². The van der Waals surface area contributed by atoms with Gasteiger partial charge in [0.15, 0.2) is 0 Å². The van der Waals surface area contributed by atoms with Gasteiger partial charge < -0.3 is 10.3 Å². The molecule has 3 N–H and O–H groups in total. The number of nitrogens with two attached hydrogens (primary N) is 1. The fourth-order valence-electron chi connectivity index (χ4n) is 2.51. The molecule has 0 radical (unpaired) electrons. The van der Waals surface area contributed by atoms with Crippen molar-refractivity contribution in [1.82, 2.24) is 9.29 Å². The van der Waals surface area contributed by atoms with Crippen molar-refractivity contribution in [3.8, 4) is 0 Å². The van der Waals surface area contributed by atoms with Crippen molar-refractivity contribution in [2.24, 2.45) is 11.7 Å². The van der Waals surface area contributed by atoms with Crippen LogP contribution < -0.4 is 10.5 Å². The monoisotopic (exact) mass is 283 g/mol. The largest absolute Gasteiger partial charge is 0.346 e. The molecule has 0 spiro atoms. The van der Waals surface area contributed by atoms with Gasteiger partial charge in [0, 0.05) is 31.0 Å². The second-order valence-corrected chi connectivity index (χ2v) is 7.43. The van der Waals surface area contributed by atoms with E-state index in [0.29, 0.717) is 29.9 Å². The molecule has 1 aromatic heterocycles. The maximum Gasteiger partial charge on any atom is 0.242 e. The summed E-state index contributed by atoms with van der Waals surface area (Å²) < 4.78 is 29.2. The molecular formula is C13H21N3O2S. The number of rotatable bonds is 6. The minimum atomic E-state index is -3.38. The van der Waals surface area contributed by atoms with Gasteiger partial charge in [0.2, 0.25) is 10.0 Å². The first-order valence-electron chi connectivity index (χ1n) is 7.00. The predicted octanol–water partition coefficient (Wildman–Crippen LogP) is 1.36. The van der Waals surface area contributed by atoms with E-state index in [9.17, 15) is 8.42 Å². The lowest BCUT2D eigenvalue weighted by atomic mass is 9.86. The van der Waals surface area contributed by atoms with Crippen LogP contribution in [0.4, 0.5) is 0 Å². The lowest BCUT2D eigenvalue weighted by Crippen LogP contribution is -2.32. The van der Waals surface area contributed by atoms with Crippen molar-refractivity contribution in [1.29, 1.82) is 0 Å². The maximum absolute atomic E-state index is 12.2. The highest BCUT2D eigenvalue weighted by Gasteiger charge is 2.28. The van der Waals surface area contributed by atoms with Crippen LogP contribution in [-0.4, -0.2) is 19.5 Å². The molecule has 3 rings (SSSR count). The van der Waals surface area contributed by atoms with Crippen molar-refractivity contribution < 1.29 is 8.42 Å². The van der Waals surface area contributed by atoms with E-state index in [1.807, 2.05) is 4.57 Å². The smallest absolute Gasteiger partial charge is 0.242 e. The Labute approximate surface area is 114 Å². The van der Waals surface area contributed by atoms with Crippen molar-refractivity contribution in [3.63, 3.8) is 0 Å². The van der Waals surface area contributed by atoms with Gasteiger partial charge in [0.25, 0.3) is 0 Å². The van der Waals surface area contributed by atoms with Gasteiger partial charge in [-0.05, 0) is 37.7 Å². The van der Waals surface area contributed by atoms with Crippen LogP contribution in [0.5, 0.6) is 0 Å². The Hall–Kier alpha value is -0.850. The second kappa shape index (κ2) is 4.92. The zero-order valence-electron chi connectivity index (χ0n) is 11.0. The zero-order chi connectivity index (χ0) is 13.5. The SMILES string of the molecule is NCc1cc(S(=O)(=O)NCC2CCC2)cn1C1CC1. The molecule has 0 atom stereocenters. The highest BCUT2D eigenvalue weighted by molar-refractivity contribution is 7.89. The summed E-state index contributed by atoms with van der Waals surface area (Å²) in [5, 5.41) is 0. The van der Waals surface area contributed by atoms with Crippen LogP contribution in [0.25, 0.3) is 0 Å². The third-order valence-corrected chi connectivity index (χ3v) is 5.54. The Balaban J connectivity index is 1.75. The Morgan fingerprint density at radius 3 is 2.58 bits per heavy atom. The third kappa shape index (κ3) is 2.70. The minimum absolute atomic E-state index is 0.360. The van der Waals surface area contributed by atoms with Gasteiger partial charge in [-0.3, -0.25) is 0 Å². The summed E-state index contributed by atoms with van der Waals surface area (Å²) in [4.78, 5) is 0.360. The van der Waals surface area contributed by atoms with Crippen LogP contribution in [0.3, 0.4) is 0 Å². The summed E-state index contributed by atoms with van der Waals surface area (Å²) in [5.74, 6) is 0.522. The lowest BCUT2D eigenvalue weighted by molar-refractivity contribution is 0.316. The number of sulfonamides is 1. The van der Waals surface area contributed by atoms with E-state index in [0.717, 1.165) is 31.4 Å². The van der Waals surface area contributed by atoms with E-state index in [4.69, 9.17) is 5.73 Å². The first kappa shape index (κ1) is 13.1. The number of nitrogens with zero attached hydrogens (tertiary/aromatic N) is 1. The molecular weight excluding hydrogens is 262 g/mol. The van der Waals surface area contributed by atoms with E-state index < -0.39 is 10.0 Å². The summed E-state index contributed by atoms with van der Waals surface area (Å²) in [6, 6.07) is 2.16. The van der Waals surface area contributed by atoms with Crippen LogP contribution in [-0.2, 0) is 16.6 Å². The fraction of sp³-hybridized carbons (Fsp3) is 0.692. The third-order valence-electron chi connectivity index (χ3n) is 4.15. The van der Waals surface area contributed by atoms with Gasteiger partial charge in [0.1, 0.15) is 0 Å². The zero-order valence-corrected chi connectivity index (χ0v) is 11.8. The number of hydrogen-bond donors (Lipinski definition) is 2. The van der Waals surface area contributed by atoms with Crippen LogP contribution in [0.1, 0.15) is 43.8 Å². The van der Waals surface area contributed by atoms with Crippen molar-refractivity contribution in [3.05, 3.63) is 18.0 Å². The van der Waals surface area contributed by atoms with Crippen LogP contribution in [0, 0.1) is 5.92 Å². The van der Waals surface area contributed by atoms with Gasteiger partial charge in [-0.25, -0.2) is 13.1 Å². The van der Waals surface area contributed by atoms with Crippen molar-refractivity contribution >= 4 is 10.0 Å². The molecule has 2 fully saturated rings.